The van der Waals surface area contributed by atoms with Crippen LogP contribution >= 0.6 is 0 Å². The third-order valence-electron chi connectivity index (χ3n) is 4.05. The predicted molar refractivity (Wildman–Crippen MR) is 92.0 cm³/mol. The van der Waals surface area contributed by atoms with Gasteiger partial charge >= 0.3 is 0 Å². The van der Waals surface area contributed by atoms with E-state index in [1.165, 1.54) is 0 Å². The Kier molecular flexibility index (Phi) is 4.02. The summed E-state index contributed by atoms with van der Waals surface area (Å²) >= 11 is 0. The van der Waals surface area contributed by atoms with E-state index in [4.69, 9.17) is 4.74 Å². The van der Waals surface area contributed by atoms with Gasteiger partial charge in [0.15, 0.2) is 0 Å². The highest BCUT2D eigenvalue weighted by Gasteiger charge is 2.17. The van der Waals surface area contributed by atoms with Crippen LogP contribution in [-0.2, 0) is 7.05 Å². The van der Waals surface area contributed by atoms with Crippen LogP contribution in [0.4, 0.5) is 0 Å². The molecule has 0 amide bonds. The molecular weight excluding hydrogens is 286 g/mol. The molecule has 1 heterocycles. The molecule has 0 N–H and O–H groups in total. The molecule has 3 aromatic rings. The summed E-state index contributed by atoms with van der Waals surface area (Å²) in [5.74, 6) is 0.816. The monoisotopic (exact) mass is 305 g/mol. The van der Waals surface area contributed by atoms with Gasteiger partial charge in [-0.2, -0.15) is 0 Å². The van der Waals surface area contributed by atoms with Gasteiger partial charge < -0.3 is 9.30 Å². The Morgan fingerprint density at radius 1 is 0.957 bits per heavy atom. The summed E-state index contributed by atoms with van der Waals surface area (Å²) in [7, 11) is 3.56. The number of para-hydroxylation sites is 1. The molecule has 23 heavy (non-hydrogen) atoms. The molecule has 116 valence electrons. The van der Waals surface area contributed by atoms with Crippen LogP contribution in [0.15, 0.2) is 60.7 Å². The fourth-order valence-corrected chi connectivity index (χ4v) is 2.72. The van der Waals surface area contributed by atoms with Crippen molar-refractivity contribution in [3.8, 4) is 17.0 Å². The molecule has 0 atom stereocenters. The summed E-state index contributed by atoms with van der Waals surface area (Å²) in [4.78, 5) is 12.7. The Labute approximate surface area is 136 Å². The van der Waals surface area contributed by atoms with Gasteiger partial charge in [0.25, 0.3) is 0 Å². The third-order valence-corrected chi connectivity index (χ3v) is 4.05. The molecule has 0 aliphatic carbocycles. The van der Waals surface area contributed by atoms with Crippen LogP contribution < -0.4 is 4.74 Å². The number of aryl methyl sites for hydroxylation is 1. The number of ketones is 1. The van der Waals surface area contributed by atoms with Crippen molar-refractivity contribution in [2.24, 2.45) is 7.05 Å². The van der Waals surface area contributed by atoms with Gasteiger partial charge in [0.05, 0.1) is 18.5 Å². The smallest absolute Gasteiger partial charge is 0.209 e. The number of aromatic nitrogens is 1. The zero-order chi connectivity index (χ0) is 16.4. The topological polar surface area (TPSA) is 31.2 Å². The summed E-state index contributed by atoms with van der Waals surface area (Å²) in [6.45, 7) is 2.01. The highest BCUT2D eigenvalue weighted by Crippen LogP contribution is 2.31. The van der Waals surface area contributed by atoms with Crippen LogP contribution in [0, 0.1) is 6.92 Å². The molecule has 3 heteroatoms. The van der Waals surface area contributed by atoms with Crippen LogP contribution in [-0.4, -0.2) is 17.5 Å². The lowest BCUT2D eigenvalue weighted by atomic mass is 10.1. The van der Waals surface area contributed by atoms with E-state index in [0.29, 0.717) is 11.3 Å². The maximum atomic E-state index is 12.7. The molecule has 1 aromatic heterocycles. The van der Waals surface area contributed by atoms with Crippen LogP contribution in [0.25, 0.3) is 11.3 Å². The first-order valence-electron chi connectivity index (χ1n) is 7.52. The first-order chi connectivity index (χ1) is 11.1. The number of ether oxygens (including phenoxy) is 1. The second kappa shape index (κ2) is 6.13. The van der Waals surface area contributed by atoms with Crippen molar-refractivity contribution in [3.05, 3.63) is 77.5 Å². The third kappa shape index (κ3) is 2.78. The molecule has 0 saturated heterocycles. The summed E-state index contributed by atoms with van der Waals surface area (Å²) < 4.78 is 7.34. The number of benzene rings is 2. The van der Waals surface area contributed by atoms with Gasteiger partial charge in [0.2, 0.25) is 5.78 Å². The predicted octanol–water partition coefficient (Wildman–Crippen LogP) is 4.24. The molecule has 0 aliphatic rings. The Bertz CT molecular complexity index is 844. The number of carbonyl (C=O) groups excluding carboxylic acids is 1. The zero-order valence-corrected chi connectivity index (χ0v) is 13.5. The van der Waals surface area contributed by atoms with E-state index in [1.54, 1.807) is 7.11 Å². The molecule has 0 fully saturated rings. The van der Waals surface area contributed by atoms with Gasteiger partial charge in [-0.25, -0.2) is 0 Å². The molecule has 0 saturated carbocycles. The van der Waals surface area contributed by atoms with Gasteiger partial charge in [-0.3, -0.25) is 4.79 Å². The number of rotatable bonds is 4. The molecule has 0 bridgehead atoms. The molecule has 3 nitrogen and oxygen atoms in total. The Morgan fingerprint density at radius 2 is 1.65 bits per heavy atom. The van der Waals surface area contributed by atoms with Crippen LogP contribution in [0.5, 0.6) is 5.75 Å². The highest BCUT2D eigenvalue weighted by atomic mass is 16.5. The molecule has 3 rings (SSSR count). The van der Waals surface area contributed by atoms with Crippen molar-refractivity contribution in [3.63, 3.8) is 0 Å². The quantitative estimate of drug-likeness (QED) is 0.675. The van der Waals surface area contributed by atoms with E-state index in [2.05, 4.69) is 0 Å². The van der Waals surface area contributed by atoms with E-state index in [1.807, 2.05) is 79.2 Å². The van der Waals surface area contributed by atoms with Crippen LogP contribution in [0.2, 0.25) is 0 Å². The molecular formula is C20H19NO2. The molecule has 2 aromatic carbocycles. The standard InChI is InChI=1S/C20H19NO2/c1-14-8-10-15(11-9-14)20(22)18-13-12-17(21(18)2)16-6-4-5-7-19(16)23-3/h4-13H,1-3H3. The maximum absolute atomic E-state index is 12.7. The van der Waals surface area contributed by atoms with Crippen molar-refractivity contribution >= 4 is 5.78 Å². The lowest BCUT2D eigenvalue weighted by Gasteiger charge is -2.11. The molecule has 0 unspecified atom stereocenters. The van der Waals surface area contributed by atoms with Crippen molar-refractivity contribution in [2.75, 3.05) is 7.11 Å². The number of hydrogen-bond acceptors (Lipinski definition) is 2. The lowest BCUT2D eigenvalue weighted by molar-refractivity contribution is 0.103. The summed E-state index contributed by atoms with van der Waals surface area (Å²) in [6.07, 6.45) is 0. The minimum Gasteiger partial charge on any atom is -0.496 e. The summed E-state index contributed by atoms with van der Waals surface area (Å²) in [5.41, 5.74) is 4.43. The lowest BCUT2D eigenvalue weighted by Crippen LogP contribution is -2.08. The van der Waals surface area contributed by atoms with Gasteiger partial charge in [0, 0.05) is 18.2 Å². The number of methoxy groups -OCH3 is 1. The molecule has 0 radical (unpaired) electrons. The second-order valence-corrected chi connectivity index (χ2v) is 5.56. The van der Waals surface area contributed by atoms with E-state index in [0.717, 1.165) is 22.6 Å². The largest absolute Gasteiger partial charge is 0.496 e. The Balaban J connectivity index is 2.02. The minimum atomic E-state index is 0.0219. The average Bonchev–Trinajstić information content (AvgIpc) is 2.96. The van der Waals surface area contributed by atoms with E-state index in [9.17, 15) is 4.79 Å². The molecule has 0 spiro atoms. The first-order valence-corrected chi connectivity index (χ1v) is 7.52. The average molecular weight is 305 g/mol. The van der Waals surface area contributed by atoms with E-state index >= 15 is 0 Å². The Morgan fingerprint density at radius 3 is 2.35 bits per heavy atom. The number of nitrogens with zero attached hydrogens (tertiary/aromatic N) is 1. The normalized spacial score (nSPS) is 10.6. The van der Waals surface area contributed by atoms with Gasteiger partial charge in [0.1, 0.15) is 5.75 Å². The number of hydrogen-bond donors (Lipinski definition) is 0. The van der Waals surface area contributed by atoms with Crippen molar-refractivity contribution in [1.29, 1.82) is 0 Å². The summed E-state index contributed by atoms with van der Waals surface area (Å²) in [5, 5.41) is 0. The first kappa shape index (κ1) is 15.1. The van der Waals surface area contributed by atoms with Gasteiger partial charge in [-0.1, -0.05) is 42.0 Å². The van der Waals surface area contributed by atoms with Crippen molar-refractivity contribution in [1.82, 2.24) is 4.57 Å². The minimum absolute atomic E-state index is 0.0219. The van der Waals surface area contributed by atoms with Crippen LogP contribution in [0.1, 0.15) is 21.6 Å². The summed E-state index contributed by atoms with van der Waals surface area (Å²) in [6, 6.07) is 19.3. The number of carbonyl (C=O) groups is 1. The Hall–Kier alpha value is -2.81. The van der Waals surface area contributed by atoms with Gasteiger partial charge in [-0.15, -0.1) is 0 Å². The SMILES string of the molecule is COc1ccccc1-c1ccc(C(=O)c2ccc(C)cc2)n1C. The van der Waals surface area contributed by atoms with Crippen molar-refractivity contribution in [2.45, 2.75) is 6.92 Å². The van der Waals surface area contributed by atoms with Gasteiger partial charge in [-0.05, 0) is 31.2 Å². The highest BCUT2D eigenvalue weighted by molar-refractivity contribution is 6.08. The van der Waals surface area contributed by atoms with Crippen LogP contribution in [0.3, 0.4) is 0 Å². The zero-order valence-electron chi connectivity index (χ0n) is 13.5. The molecule has 0 aliphatic heterocycles. The van der Waals surface area contributed by atoms with E-state index < -0.39 is 0 Å². The van der Waals surface area contributed by atoms with E-state index in [-0.39, 0.29) is 5.78 Å². The fraction of sp³-hybridized carbons (Fsp3) is 0.150. The second-order valence-electron chi connectivity index (χ2n) is 5.56. The fourth-order valence-electron chi connectivity index (χ4n) is 2.72. The van der Waals surface area contributed by atoms with Crippen molar-refractivity contribution < 1.29 is 9.53 Å². The maximum Gasteiger partial charge on any atom is 0.209 e.